The van der Waals surface area contributed by atoms with Crippen LogP contribution in [-0.4, -0.2) is 25.3 Å². The summed E-state index contributed by atoms with van der Waals surface area (Å²) in [6.07, 6.45) is 2.13. The molecule has 0 aromatic heterocycles. The predicted molar refractivity (Wildman–Crippen MR) is 88.1 cm³/mol. The number of oxime groups is 1. The fraction of sp³-hybridized carbons (Fsp3) is 0.176. The Hall–Kier alpha value is -2.40. The molecule has 4 nitrogen and oxygen atoms in total. The number of hydrogen-bond acceptors (Lipinski definition) is 3. The zero-order valence-electron chi connectivity index (χ0n) is 12.3. The highest BCUT2D eigenvalue weighted by atomic mass is 35.5. The van der Waals surface area contributed by atoms with Crippen molar-refractivity contribution in [3.63, 3.8) is 0 Å². The third kappa shape index (κ3) is 6.48. The van der Waals surface area contributed by atoms with Gasteiger partial charge >= 0.3 is 0 Å². The predicted octanol–water partition coefficient (Wildman–Crippen LogP) is 3.19. The van der Waals surface area contributed by atoms with Crippen molar-refractivity contribution in [1.29, 1.82) is 0 Å². The molecule has 0 spiro atoms. The lowest BCUT2D eigenvalue weighted by molar-refractivity contribution is -0.125. The van der Waals surface area contributed by atoms with Crippen LogP contribution in [0.4, 0.5) is 4.39 Å². The molecule has 0 aliphatic rings. The van der Waals surface area contributed by atoms with E-state index < -0.39 is 0 Å². The van der Waals surface area contributed by atoms with Crippen LogP contribution in [0.5, 0.6) is 0 Å². The van der Waals surface area contributed by atoms with E-state index in [4.69, 9.17) is 16.4 Å². The molecule has 0 unspecified atom stereocenters. The molecule has 6 heteroatoms. The van der Waals surface area contributed by atoms with E-state index >= 15 is 0 Å². The summed E-state index contributed by atoms with van der Waals surface area (Å²) >= 11 is 5.80. The van der Waals surface area contributed by atoms with Crippen LogP contribution in [0.25, 0.3) is 0 Å². The van der Waals surface area contributed by atoms with Crippen molar-refractivity contribution in [1.82, 2.24) is 5.32 Å². The molecule has 2 rings (SSSR count). The molecule has 0 fully saturated rings. The van der Waals surface area contributed by atoms with Crippen molar-refractivity contribution in [2.24, 2.45) is 5.16 Å². The maximum absolute atomic E-state index is 12.7. The Kier molecular flexibility index (Phi) is 6.56. The second-order valence-electron chi connectivity index (χ2n) is 4.79. The molecule has 0 atom stereocenters. The Morgan fingerprint density at radius 3 is 2.57 bits per heavy atom. The largest absolute Gasteiger partial charge is 0.386 e. The first-order valence-corrected chi connectivity index (χ1v) is 7.43. The van der Waals surface area contributed by atoms with Gasteiger partial charge in [0, 0.05) is 11.6 Å². The molecular formula is C17H16ClFN2O2. The van der Waals surface area contributed by atoms with Gasteiger partial charge in [0.15, 0.2) is 6.61 Å². The van der Waals surface area contributed by atoms with E-state index in [9.17, 15) is 9.18 Å². The Bertz CT molecular complexity index is 657. The van der Waals surface area contributed by atoms with Gasteiger partial charge in [-0.15, -0.1) is 0 Å². The molecule has 120 valence electrons. The van der Waals surface area contributed by atoms with Gasteiger partial charge < -0.3 is 10.2 Å². The first-order valence-electron chi connectivity index (χ1n) is 7.05. The second-order valence-corrected chi connectivity index (χ2v) is 5.22. The van der Waals surface area contributed by atoms with Gasteiger partial charge in [-0.05, 0) is 41.8 Å². The van der Waals surface area contributed by atoms with Crippen molar-refractivity contribution in [2.45, 2.75) is 6.42 Å². The average Bonchev–Trinajstić information content (AvgIpc) is 2.55. The summed E-state index contributed by atoms with van der Waals surface area (Å²) in [5.74, 6) is -0.571. The summed E-state index contributed by atoms with van der Waals surface area (Å²) < 4.78 is 12.7. The molecular weight excluding hydrogens is 319 g/mol. The minimum Gasteiger partial charge on any atom is -0.386 e. The molecule has 1 N–H and O–H groups in total. The first kappa shape index (κ1) is 17.0. The lowest BCUT2D eigenvalue weighted by Crippen LogP contribution is -2.28. The van der Waals surface area contributed by atoms with Gasteiger partial charge in [0.1, 0.15) is 5.82 Å². The summed E-state index contributed by atoms with van der Waals surface area (Å²) in [4.78, 5) is 16.5. The van der Waals surface area contributed by atoms with E-state index in [1.165, 1.54) is 18.3 Å². The number of carbonyl (C=O) groups is 1. The van der Waals surface area contributed by atoms with Gasteiger partial charge in [-0.2, -0.15) is 0 Å². The fourth-order valence-corrected chi connectivity index (χ4v) is 1.92. The molecule has 2 aromatic carbocycles. The molecule has 0 aliphatic heterocycles. The quantitative estimate of drug-likeness (QED) is 0.624. The van der Waals surface area contributed by atoms with Crippen LogP contribution >= 0.6 is 11.6 Å². The van der Waals surface area contributed by atoms with E-state index in [1.807, 2.05) is 24.3 Å². The van der Waals surface area contributed by atoms with E-state index in [0.717, 1.165) is 5.56 Å². The molecule has 0 bridgehead atoms. The van der Waals surface area contributed by atoms with Gasteiger partial charge in [0.05, 0.1) is 6.21 Å². The maximum atomic E-state index is 12.7. The topological polar surface area (TPSA) is 50.7 Å². The van der Waals surface area contributed by atoms with Crippen molar-refractivity contribution >= 4 is 23.7 Å². The molecule has 2 aromatic rings. The van der Waals surface area contributed by atoms with E-state index in [-0.39, 0.29) is 18.3 Å². The average molecular weight is 335 g/mol. The monoisotopic (exact) mass is 334 g/mol. The minimum absolute atomic E-state index is 0.168. The van der Waals surface area contributed by atoms with Crippen molar-refractivity contribution < 1.29 is 14.0 Å². The fourth-order valence-electron chi connectivity index (χ4n) is 1.79. The van der Waals surface area contributed by atoms with E-state index in [2.05, 4.69) is 10.5 Å². The first-order chi connectivity index (χ1) is 11.1. The lowest BCUT2D eigenvalue weighted by atomic mass is 10.1. The Balaban J connectivity index is 1.63. The van der Waals surface area contributed by atoms with Crippen LogP contribution in [-0.2, 0) is 16.1 Å². The van der Waals surface area contributed by atoms with Crippen molar-refractivity contribution in [3.8, 4) is 0 Å². The number of nitrogens with zero attached hydrogens (tertiary/aromatic N) is 1. The smallest absolute Gasteiger partial charge is 0.260 e. The van der Waals surface area contributed by atoms with E-state index in [1.54, 1.807) is 12.1 Å². The standard InChI is InChI=1S/C17H16ClFN2O2/c18-15-5-1-13(2-6-15)9-10-20-17(22)12-23-21-11-14-3-7-16(19)8-4-14/h1-8,11H,9-10,12H2,(H,20,22)/b21-11+. The Morgan fingerprint density at radius 1 is 1.17 bits per heavy atom. The highest BCUT2D eigenvalue weighted by Gasteiger charge is 2.01. The number of carbonyl (C=O) groups excluding carboxylic acids is 1. The summed E-state index contributed by atoms with van der Waals surface area (Å²) in [6.45, 7) is 0.337. The van der Waals surface area contributed by atoms with Gasteiger partial charge in [-0.25, -0.2) is 4.39 Å². The Morgan fingerprint density at radius 2 is 1.87 bits per heavy atom. The van der Waals surface area contributed by atoms with Crippen LogP contribution in [0.15, 0.2) is 53.7 Å². The molecule has 0 saturated carbocycles. The number of nitrogens with one attached hydrogen (secondary N) is 1. The Labute approximate surface area is 138 Å². The van der Waals surface area contributed by atoms with Crippen LogP contribution < -0.4 is 5.32 Å². The van der Waals surface area contributed by atoms with Crippen LogP contribution in [0.3, 0.4) is 0 Å². The van der Waals surface area contributed by atoms with Crippen molar-refractivity contribution in [3.05, 3.63) is 70.5 Å². The van der Waals surface area contributed by atoms with Crippen LogP contribution in [0.2, 0.25) is 5.02 Å². The number of amides is 1. The van der Waals surface area contributed by atoms with E-state index in [0.29, 0.717) is 23.6 Å². The number of benzene rings is 2. The molecule has 0 heterocycles. The molecule has 0 radical (unpaired) electrons. The number of hydrogen-bond donors (Lipinski definition) is 1. The third-order valence-corrected chi connectivity index (χ3v) is 3.24. The zero-order chi connectivity index (χ0) is 16.5. The summed E-state index contributed by atoms with van der Waals surface area (Å²) in [7, 11) is 0. The highest BCUT2D eigenvalue weighted by Crippen LogP contribution is 2.09. The summed E-state index contributed by atoms with van der Waals surface area (Å²) in [6, 6.07) is 13.2. The van der Waals surface area contributed by atoms with Gasteiger partial charge in [-0.1, -0.05) is 41.0 Å². The number of rotatable bonds is 7. The molecule has 1 amide bonds. The SMILES string of the molecule is O=C(CO/N=C/c1ccc(F)cc1)NCCc1ccc(Cl)cc1. The third-order valence-electron chi connectivity index (χ3n) is 2.99. The molecule has 0 saturated heterocycles. The van der Waals surface area contributed by atoms with Crippen LogP contribution in [0, 0.1) is 5.82 Å². The van der Waals surface area contributed by atoms with Crippen LogP contribution in [0.1, 0.15) is 11.1 Å². The maximum Gasteiger partial charge on any atom is 0.260 e. The second kappa shape index (κ2) is 8.90. The van der Waals surface area contributed by atoms with Crippen molar-refractivity contribution in [2.75, 3.05) is 13.2 Å². The zero-order valence-corrected chi connectivity index (χ0v) is 13.1. The normalized spacial score (nSPS) is 10.7. The minimum atomic E-state index is -0.317. The molecule has 0 aliphatic carbocycles. The highest BCUT2D eigenvalue weighted by molar-refractivity contribution is 6.30. The molecule has 23 heavy (non-hydrogen) atoms. The number of halogens is 2. The lowest BCUT2D eigenvalue weighted by Gasteiger charge is -2.04. The summed E-state index contributed by atoms with van der Waals surface area (Å²) in [5.41, 5.74) is 1.78. The summed E-state index contributed by atoms with van der Waals surface area (Å²) in [5, 5.41) is 7.08. The van der Waals surface area contributed by atoms with Gasteiger partial charge in [-0.3, -0.25) is 4.79 Å². The van der Waals surface area contributed by atoms with Gasteiger partial charge in [0.2, 0.25) is 0 Å². The van der Waals surface area contributed by atoms with Gasteiger partial charge in [0.25, 0.3) is 5.91 Å².